The highest BCUT2D eigenvalue weighted by Crippen LogP contribution is 2.38. The van der Waals surface area contributed by atoms with E-state index in [2.05, 4.69) is 0 Å². The van der Waals surface area contributed by atoms with Gasteiger partial charge >= 0.3 is 6.09 Å². The van der Waals surface area contributed by atoms with Gasteiger partial charge in [0.05, 0.1) is 45.0 Å². The molecule has 5 unspecified atom stereocenters. The van der Waals surface area contributed by atoms with Crippen molar-refractivity contribution in [2.75, 3.05) is 7.11 Å². The molecule has 0 spiro atoms. The molecular formula is C36H37NO7. The van der Waals surface area contributed by atoms with Crippen molar-refractivity contribution in [1.29, 1.82) is 0 Å². The number of rotatable bonds is 14. The summed E-state index contributed by atoms with van der Waals surface area (Å²) >= 11 is 0. The second kappa shape index (κ2) is 15.3. The third-order valence-electron chi connectivity index (χ3n) is 7.89. The van der Waals surface area contributed by atoms with E-state index >= 15 is 0 Å². The van der Waals surface area contributed by atoms with Crippen molar-refractivity contribution >= 4 is 12.4 Å². The molecule has 1 aliphatic carbocycles. The first kappa shape index (κ1) is 30.9. The second-order valence-electron chi connectivity index (χ2n) is 10.7. The number of carbonyl (C=O) groups excluding carboxylic acids is 1. The Morgan fingerprint density at radius 1 is 0.659 bits per heavy atom. The summed E-state index contributed by atoms with van der Waals surface area (Å²) in [6.45, 7) is 0.715. The molecule has 0 heterocycles. The van der Waals surface area contributed by atoms with Gasteiger partial charge in [0.15, 0.2) is 0 Å². The van der Waals surface area contributed by atoms with E-state index in [1.165, 1.54) is 4.90 Å². The maximum absolute atomic E-state index is 12.9. The van der Waals surface area contributed by atoms with Crippen molar-refractivity contribution in [3.05, 3.63) is 138 Å². The van der Waals surface area contributed by atoms with Crippen LogP contribution in [0.1, 0.15) is 22.3 Å². The third kappa shape index (κ3) is 7.71. The van der Waals surface area contributed by atoms with Crippen molar-refractivity contribution in [3.63, 3.8) is 0 Å². The van der Waals surface area contributed by atoms with Gasteiger partial charge in [0.2, 0.25) is 0 Å². The molecule has 44 heavy (non-hydrogen) atoms. The zero-order valence-corrected chi connectivity index (χ0v) is 24.6. The van der Waals surface area contributed by atoms with Crippen molar-refractivity contribution < 1.29 is 33.6 Å². The summed E-state index contributed by atoms with van der Waals surface area (Å²) in [5.74, 6) is -0.190. The first-order valence-corrected chi connectivity index (χ1v) is 14.6. The number of carbonyl (C=O) groups is 2. The van der Waals surface area contributed by atoms with Crippen LogP contribution in [0, 0.1) is 5.92 Å². The van der Waals surface area contributed by atoms with Gasteiger partial charge < -0.3 is 28.8 Å². The highest BCUT2D eigenvalue weighted by molar-refractivity contribution is 5.68. The number of amides is 1. The van der Waals surface area contributed by atoms with E-state index in [4.69, 9.17) is 18.9 Å². The summed E-state index contributed by atoms with van der Waals surface area (Å²) in [4.78, 5) is 27.1. The van der Waals surface area contributed by atoms with Crippen molar-refractivity contribution in [2.45, 2.75) is 50.7 Å². The topological polar surface area (TPSA) is 94.5 Å². The SMILES string of the molecule is COc1ccc(CN(C(=O)O)C2C(C=O)C(OCc3ccccc3)C(OCc3ccccc3)C2OCc2ccccc2)cc1. The van der Waals surface area contributed by atoms with E-state index in [-0.39, 0.29) is 26.4 Å². The number of ether oxygens (including phenoxy) is 4. The van der Waals surface area contributed by atoms with Gasteiger partial charge in [0, 0.05) is 6.54 Å². The molecule has 0 bridgehead atoms. The Hall–Kier alpha value is -4.50. The second-order valence-corrected chi connectivity index (χ2v) is 10.7. The molecule has 0 aromatic heterocycles. The lowest BCUT2D eigenvalue weighted by molar-refractivity contribution is -0.134. The lowest BCUT2D eigenvalue weighted by atomic mass is 10.0. The number of nitrogens with zero attached hydrogens (tertiary/aromatic N) is 1. The molecule has 1 saturated carbocycles. The summed E-state index contributed by atoms with van der Waals surface area (Å²) < 4.78 is 24.8. The number of benzene rings is 4. The van der Waals surface area contributed by atoms with E-state index in [1.807, 2.05) is 103 Å². The monoisotopic (exact) mass is 595 g/mol. The molecule has 8 heteroatoms. The molecule has 1 amide bonds. The minimum absolute atomic E-state index is 0.0380. The average Bonchev–Trinajstić information content (AvgIpc) is 3.37. The predicted octanol–water partition coefficient (Wildman–Crippen LogP) is 6.13. The summed E-state index contributed by atoms with van der Waals surface area (Å²) in [6, 6.07) is 35.3. The number of carboxylic acid groups (broad SMARTS) is 1. The Morgan fingerprint density at radius 2 is 1.11 bits per heavy atom. The zero-order chi connectivity index (χ0) is 30.7. The quantitative estimate of drug-likeness (QED) is 0.175. The molecular weight excluding hydrogens is 558 g/mol. The van der Waals surface area contributed by atoms with E-state index in [1.54, 1.807) is 19.2 Å². The van der Waals surface area contributed by atoms with Crippen LogP contribution < -0.4 is 4.74 Å². The molecule has 0 aliphatic heterocycles. The normalized spacial score (nSPS) is 21.1. The smallest absolute Gasteiger partial charge is 0.407 e. The third-order valence-corrected chi connectivity index (χ3v) is 7.89. The number of methoxy groups -OCH3 is 1. The molecule has 1 aliphatic rings. The Labute approximate surface area is 257 Å². The molecule has 4 aromatic carbocycles. The lowest BCUT2D eigenvalue weighted by Crippen LogP contribution is -2.50. The number of hydrogen-bond acceptors (Lipinski definition) is 6. The minimum Gasteiger partial charge on any atom is -0.497 e. The summed E-state index contributed by atoms with van der Waals surface area (Å²) in [6.07, 6.45) is -2.68. The van der Waals surface area contributed by atoms with Crippen molar-refractivity contribution in [1.82, 2.24) is 4.90 Å². The van der Waals surface area contributed by atoms with Crippen LogP contribution in [-0.4, -0.2) is 53.8 Å². The number of hydrogen-bond donors (Lipinski definition) is 1. The van der Waals surface area contributed by atoms with Crippen LogP contribution in [0.5, 0.6) is 5.75 Å². The van der Waals surface area contributed by atoms with Crippen LogP contribution in [0.15, 0.2) is 115 Å². The van der Waals surface area contributed by atoms with Gasteiger partial charge in [0.25, 0.3) is 0 Å². The highest BCUT2D eigenvalue weighted by atomic mass is 16.6. The Balaban J connectivity index is 1.51. The fraction of sp³-hybridized carbons (Fsp3) is 0.278. The van der Waals surface area contributed by atoms with Gasteiger partial charge in [0.1, 0.15) is 24.2 Å². The maximum Gasteiger partial charge on any atom is 0.407 e. The van der Waals surface area contributed by atoms with E-state index in [0.717, 1.165) is 28.5 Å². The minimum atomic E-state index is -1.17. The van der Waals surface area contributed by atoms with E-state index in [0.29, 0.717) is 5.75 Å². The van der Waals surface area contributed by atoms with Gasteiger partial charge in [-0.2, -0.15) is 0 Å². The first-order valence-electron chi connectivity index (χ1n) is 14.6. The molecule has 0 radical (unpaired) electrons. The van der Waals surface area contributed by atoms with Gasteiger partial charge in [-0.25, -0.2) is 4.79 Å². The lowest BCUT2D eigenvalue weighted by Gasteiger charge is -2.34. The van der Waals surface area contributed by atoms with Crippen molar-refractivity contribution in [3.8, 4) is 5.75 Å². The summed E-state index contributed by atoms with van der Waals surface area (Å²) in [7, 11) is 1.58. The molecule has 228 valence electrons. The van der Waals surface area contributed by atoms with Crippen LogP contribution >= 0.6 is 0 Å². The maximum atomic E-state index is 12.9. The summed E-state index contributed by atoms with van der Waals surface area (Å²) in [5.41, 5.74) is 3.53. The van der Waals surface area contributed by atoms with Crippen molar-refractivity contribution in [2.24, 2.45) is 5.92 Å². The number of aldehydes is 1. The Morgan fingerprint density at radius 3 is 1.55 bits per heavy atom. The Bertz CT molecular complexity index is 1450. The van der Waals surface area contributed by atoms with Crippen LogP contribution in [0.3, 0.4) is 0 Å². The van der Waals surface area contributed by atoms with Crippen LogP contribution in [0.2, 0.25) is 0 Å². The van der Waals surface area contributed by atoms with Gasteiger partial charge in [-0.1, -0.05) is 103 Å². The van der Waals surface area contributed by atoms with E-state index in [9.17, 15) is 14.7 Å². The average molecular weight is 596 g/mol. The molecule has 5 rings (SSSR count). The summed E-state index contributed by atoms with van der Waals surface area (Å²) in [5, 5.41) is 10.5. The Kier molecular flexibility index (Phi) is 10.8. The molecule has 1 N–H and O–H groups in total. The molecule has 8 nitrogen and oxygen atoms in total. The first-order chi connectivity index (χ1) is 21.6. The molecule has 0 saturated heterocycles. The van der Waals surface area contributed by atoms with Crippen LogP contribution in [-0.2, 0) is 45.4 Å². The van der Waals surface area contributed by atoms with Gasteiger partial charge in [-0.15, -0.1) is 0 Å². The largest absolute Gasteiger partial charge is 0.497 e. The molecule has 5 atom stereocenters. The highest BCUT2D eigenvalue weighted by Gasteiger charge is 2.56. The fourth-order valence-corrected chi connectivity index (χ4v) is 5.67. The zero-order valence-electron chi connectivity index (χ0n) is 24.6. The predicted molar refractivity (Wildman–Crippen MR) is 165 cm³/mol. The van der Waals surface area contributed by atoms with E-state index < -0.39 is 36.4 Å². The standard InChI is InChI=1S/C36H37NO7/c1-41-30-19-17-26(18-20-30)21-37(36(39)40)32-31(22-38)33(42-23-27-11-5-2-6-12-27)35(44-25-29-15-9-4-10-16-29)34(32)43-24-28-13-7-3-8-14-28/h2-20,22,31-35H,21,23-25H2,1H3,(H,39,40). The molecule has 4 aromatic rings. The van der Waals surface area contributed by atoms with Crippen LogP contribution in [0.25, 0.3) is 0 Å². The van der Waals surface area contributed by atoms with Crippen LogP contribution in [0.4, 0.5) is 4.79 Å². The fourth-order valence-electron chi connectivity index (χ4n) is 5.67. The van der Waals surface area contributed by atoms with Gasteiger partial charge in [-0.3, -0.25) is 4.90 Å². The molecule has 1 fully saturated rings. The van der Waals surface area contributed by atoms with Gasteiger partial charge in [-0.05, 0) is 34.4 Å².